The van der Waals surface area contributed by atoms with Crippen LogP contribution in [-0.4, -0.2) is 17.1 Å². The number of rotatable bonds is 5. The molecule has 0 saturated heterocycles. The van der Waals surface area contributed by atoms with Crippen molar-refractivity contribution in [3.05, 3.63) is 34.3 Å². The number of halogens is 1. The molecule has 5 heteroatoms. The number of nitrogens with two attached hydrogens (primary N) is 1. The fourth-order valence-electron chi connectivity index (χ4n) is 2.29. The Balaban J connectivity index is 1.97. The summed E-state index contributed by atoms with van der Waals surface area (Å²) in [5, 5.41) is 15.7. The van der Waals surface area contributed by atoms with Crippen molar-refractivity contribution in [2.24, 2.45) is 16.8 Å². The van der Waals surface area contributed by atoms with Crippen LogP contribution in [0.5, 0.6) is 0 Å². The van der Waals surface area contributed by atoms with Crippen LogP contribution in [0.15, 0.2) is 23.4 Å². The maximum Gasteiger partial charge on any atom is 0.170 e. The van der Waals surface area contributed by atoms with E-state index < -0.39 is 0 Å². The number of nitrogens with zero attached hydrogens (tertiary/aromatic N) is 1. The van der Waals surface area contributed by atoms with Crippen molar-refractivity contribution in [3.8, 4) is 0 Å². The zero-order valence-electron chi connectivity index (χ0n) is 11.1. The van der Waals surface area contributed by atoms with E-state index in [4.69, 9.17) is 22.5 Å². The van der Waals surface area contributed by atoms with E-state index in [2.05, 4.69) is 17.4 Å². The van der Waals surface area contributed by atoms with Gasteiger partial charge >= 0.3 is 0 Å². The Labute approximate surface area is 118 Å². The molecule has 0 aromatic heterocycles. The molecular weight excluding hydrogens is 262 g/mol. The van der Waals surface area contributed by atoms with E-state index in [1.54, 1.807) is 6.07 Å². The topological polar surface area (TPSA) is 70.6 Å². The molecule has 1 unspecified atom stereocenters. The van der Waals surface area contributed by atoms with Crippen LogP contribution in [0.3, 0.4) is 0 Å². The van der Waals surface area contributed by atoms with Crippen LogP contribution in [0.4, 0.5) is 0 Å². The Morgan fingerprint density at radius 3 is 2.84 bits per heavy atom. The lowest BCUT2D eigenvalue weighted by Gasteiger charge is -2.32. The zero-order valence-corrected chi connectivity index (χ0v) is 11.8. The van der Waals surface area contributed by atoms with Gasteiger partial charge in [-0.05, 0) is 37.3 Å². The largest absolute Gasteiger partial charge is 0.409 e. The molecule has 0 spiro atoms. The van der Waals surface area contributed by atoms with Gasteiger partial charge in [0.05, 0.1) is 0 Å². The molecular formula is C14H20ClN3O. The highest BCUT2D eigenvalue weighted by Crippen LogP contribution is 2.29. The van der Waals surface area contributed by atoms with Crippen LogP contribution >= 0.6 is 11.6 Å². The first-order valence-corrected chi connectivity index (χ1v) is 6.99. The Morgan fingerprint density at radius 2 is 2.32 bits per heavy atom. The fourth-order valence-corrected chi connectivity index (χ4v) is 2.53. The summed E-state index contributed by atoms with van der Waals surface area (Å²) < 4.78 is 0. The van der Waals surface area contributed by atoms with Gasteiger partial charge in [0.15, 0.2) is 5.84 Å². The molecule has 1 aromatic rings. The molecule has 4 N–H and O–H groups in total. The SMILES string of the molecule is CC(NCc1ccc(/C(N)=N/O)cc1Cl)C1CCC1. The number of hydrogen-bond acceptors (Lipinski definition) is 3. The monoisotopic (exact) mass is 281 g/mol. The first kappa shape index (κ1) is 14.2. The molecule has 0 amide bonds. The van der Waals surface area contributed by atoms with E-state index in [-0.39, 0.29) is 5.84 Å². The van der Waals surface area contributed by atoms with E-state index in [0.29, 0.717) is 16.6 Å². The Morgan fingerprint density at radius 1 is 1.58 bits per heavy atom. The molecule has 19 heavy (non-hydrogen) atoms. The summed E-state index contributed by atoms with van der Waals surface area (Å²) in [6, 6.07) is 5.97. The van der Waals surface area contributed by atoms with Crippen LogP contribution in [-0.2, 0) is 6.54 Å². The third-order valence-corrected chi connectivity index (χ3v) is 4.28. The van der Waals surface area contributed by atoms with Crippen molar-refractivity contribution in [2.75, 3.05) is 0 Å². The molecule has 0 bridgehead atoms. The first-order chi connectivity index (χ1) is 9.11. The standard InChI is InChI=1S/C14H20ClN3O/c1-9(10-3-2-4-10)17-8-12-6-5-11(7-13(12)15)14(16)18-19/h5-7,9-10,17,19H,2-4,8H2,1H3,(H2,16,18). The summed E-state index contributed by atoms with van der Waals surface area (Å²) in [6.07, 6.45) is 4.00. The molecule has 1 aliphatic rings. The lowest BCUT2D eigenvalue weighted by molar-refractivity contribution is 0.240. The van der Waals surface area contributed by atoms with Gasteiger partial charge in [-0.3, -0.25) is 0 Å². The third-order valence-electron chi connectivity index (χ3n) is 3.93. The maximum atomic E-state index is 8.63. The van der Waals surface area contributed by atoms with Crippen LogP contribution in [0, 0.1) is 5.92 Å². The van der Waals surface area contributed by atoms with Crippen LogP contribution < -0.4 is 11.1 Å². The van der Waals surface area contributed by atoms with E-state index in [9.17, 15) is 0 Å². The molecule has 0 radical (unpaired) electrons. The molecule has 0 aliphatic heterocycles. The van der Waals surface area contributed by atoms with Crippen molar-refractivity contribution < 1.29 is 5.21 Å². The number of oxime groups is 1. The second kappa shape index (κ2) is 6.26. The van der Waals surface area contributed by atoms with Gasteiger partial charge in [0.2, 0.25) is 0 Å². The van der Waals surface area contributed by atoms with Gasteiger partial charge in [-0.1, -0.05) is 35.3 Å². The molecule has 0 heterocycles. The third kappa shape index (κ3) is 3.39. The van der Waals surface area contributed by atoms with Gasteiger partial charge in [-0.15, -0.1) is 0 Å². The molecule has 2 rings (SSSR count). The Bertz CT molecular complexity index is 472. The molecule has 104 valence electrons. The average Bonchev–Trinajstić information content (AvgIpc) is 2.34. The minimum atomic E-state index is 0.0734. The normalized spacial score (nSPS) is 18.1. The highest BCUT2D eigenvalue weighted by Gasteiger charge is 2.23. The van der Waals surface area contributed by atoms with Crippen molar-refractivity contribution in [1.82, 2.24) is 5.32 Å². The fraction of sp³-hybridized carbons (Fsp3) is 0.500. The Kier molecular flexibility index (Phi) is 4.66. The summed E-state index contributed by atoms with van der Waals surface area (Å²) in [4.78, 5) is 0. The molecule has 1 saturated carbocycles. The number of amidine groups is 1. The molecule has 1 fully saturated rings. The van der Waals surface area contributed by atoms with E-state index in [1.165, 1.54) is 19.3 Å². The maximum absolute atomic E-state index is 8.63. The predicted octanol–water partition coefficient (Wildman–Crippen LogP) is 2.71. The van der Waals surface area contributed by atoms with Crippen molar-refractivity contribution in [1.29, 1.82) is 0 Å². The average molecular weight is 282 g/mol. The minimum Gasteiger partial charge on any atom is -0.409 e. The minimum absolute atomic E-state index is 0.0734. The van der Waals surface area contributed by atoms with Crippen LogP contribution in [0.1, 0.15) is 37.3 Å². The zero-order chi connectivity index (χ0) is 13.8. The Hall–Kier alpha value is -1.26. The number of nitrogens with one attached hydrogen (secondary N) is 1. The molecule has 1 atom stereocenters. The van der Waals surface area contributed by atoms with E-state index >= 15 is 0 Å². The molecule has 1 aliphatic carbocycles. The lowest BCUT2D eigenvalue weighted by Crippen LogP contribution is -2.36. The van der Waals surface area contributed by atoms with Gasteiger partial charge < -0.3 is 16.3 Å². The smallest absolute Gasteiger partial charge is 0.170 e. The summed E-state index contributed by atoms with van der Waals surface area (Å²) in [5.74, 6) is 0.875. The van der Waals surface area contributed by atoms with Crippen LogP contribution in [0.2, 0.25) is 5.02 Å². The summed E-state index contributed by atoms with van der Waals surface area (Å²) in [6.45, 7) is 2.97. The predicted molar refractivity (Wildman–Crippen MR) is 77.6 cm³/mol. The van der Waals surface area contributed by atoms with Crippen molar-refractivity contribution in [2.45, 2.75) is 38.8 Å². The van der Waals surface area contributed by atoms with E-state index in [0.717, 1.165) is 18.0 Å². The number of hydrogen-bond donors (Lipinski definition) is 3. The summed E-state index contributed by atoms with van der Waals surface area (Å²) >= 11 is 6.21. The van der Waals surface area contributed by atoms with Gasteiger partial charge in [0.25, 0.3) is 0 Å². The quantitative estimate of drug-likeness (QED) is 0.336. The van der Waals surface area contributed by atoms with Crippen molar-refractivity contribution >= 4 is 17.4 Å². The summed E-state index contributed by atoms with van der Waals surface area (Å²) in [5.41, 5.74) is 7.18. The number of benzene rings is 1. The second-order valence-electron chi connectivity index (χ2n) is 5.15. The molecule has 1 aromatic carbocycles. The molecule has 4 nitrogen and oxygen atoms in total. The van der Waals surface area contributed by atoms with Gasteiger partial charge in [-0.2, -0.15) is 0 Å². The van der Waals surface area contributed by atoms with Crippen LogP contribution in [0.25, 0.3) is 0 Å². The first-order valence-electron chi connectivity index (χ1n) is 6.61. The summed E-state index contributed by atoms with van der Waals surface area (Å²) in [7, 11) is 0. The van der Waals surface area contributed by atoms with E-state index in [1.807, 2.05) is 12.1 Å². The highest BCUT2D eigenvalue weighted by atomic mass is 35.5. The highest BCUT2D eigenvalue weighted by molar-refractivity contribution is 6.31. The van der Waals surface area contributed by atoms with Gasteiger partial charge in [0.1, 0.15) is 0 Å². The van der Waals surface area contributed by atoms with Crippen molar-refractivity contribution in [3.63, 3.8) is 0 Å². The second-order valence-corrected chi connectivity index (χ2v) is 5.56. The van der Waals surface area contributed by atoms with Gasteiger partial charge in [-0.25, -0.2) is 0 Å². The lowest BCUT2D eigenvalue weighted by atomic mass is 9.80. The van der Waals surface area contributed by atoms with Gasteiger partial charge in [0, 0.05) is 23.2 Å².